The molecule has 1 unspecified atom stereocenters. The molecule has 0 amide bonds. The second-order valence-corrected chi connectivity index (χ2v) is 4.29. The average molecular weight is 226 g/mol. The van der Waals surface area contributed by atoms with E-state index in [-0.39, 0.29) is 0 Å². The van der Waals surface area contributed by atoms with Gasteiger partial charge in [-0.1, -0.05) is 26.2 Å². The Labute approximate surface area is 84.7 Å². The van der Waals surface area contributed by atoms with E-state index in [9.17, 15) is 4.57 Å². The van der Waals surface area contributed by atoms with Crippen molar-refractivity contribution in [2.45, 2.75) is 45.8 Å². The Morgan fingerprint density at radius 3 is 2.43 bits per heavy atom. The van der Waals surface area contributed by atoms with Crippen molar-refractivity contribution in [1.82, 2.24) is 0 Å². The van der Waals surface area contributed by atoms with Crippen LogP contribution in [0.2, 0.25) is 0 Å². The first-order valence-electron chi connectivity index (χ1n) is 4.81. The molecule has 0 aromatic rings. The third-order valence-corrected chi connectivity index (χ3v) is 2.21. The average Bonchev–Trinajstić information content (AvgIpc) is 2.00. The van der Waals surface area contributed by atoms with Crippen molar-refractivity contribution >= 4 is 7.82 Å². The van der Waals surface area contributed by atoms with Gasteiger partial charge in [-0.15, -0.1) is 0 Å². The van der Waals surface area contributed by atoms with Gasteiger partial charge in [-0.2, -0.15) is 0 Å². The summed E-state index contributed by atoms with van der Waals surface area (Å²) in [5.74, 6) is 0. The van der Waals surface area contributed by atoms with E-state index in [0.717, 1.165) is 25.7 Å². The number of unbranched alkanes of at least 4 members (excludes halogenated alkanes) is 3. The molecule has 0 saturated carbocycles. The highest BCUT2D eigenvalue weighted by Crippen LogP contribution is 2.37. The maximum Gasteiger partial charge on any atom is 0.471 e. The number of hydrogen-bond donors (Lipinski definition) is 2. The van der Waals surface area contributed by atoms with Crippen molar-refractivity contribution in [3.63, 3.8) is 0 Å². The van der Waals surface area contributed by atoms with Crippen LogP contribution in [0.25, 0.3) is 0 Å². The molecule has 2 N–H and O–H groups in total. The van der Waals surface area contributed by atoms with E-state index in [2.05, 4.69) is 11.4 Å². The van der Waals surface area contributed by atoms with Gasteiger partial charge in [0.1, 0.15) is 0 Å². The van der Waals surface area contributed by atoms with Crippen molar-refractivity contribution < 1.29 is 23.6 Å². The van der Waals surface area contributed by atoms with Gasteiger partial charge in [0.05, 0.1) is 0 Å². The molecule has 0 aliphatic carbocycles. The third-order valence-electron chi connectivity index (χ3n) is 1.64. The Hall–Kier alpha value is 0.0700. The van der Waals surface area contributed by atoms with E-state index in [0.29, 0.717) is 6.61 Å². The lowest BCUT2D eigenvalue weighted by atomic mass is 10.2. The molecule has 0 aliphatic rings. The van der Waals surface area contributed by atoms with Gasteiger partial charge in [0, 0.05) is 6.61 Å². The zero-order valence-electron chi connectivity index (χ0n) is 8.68. The molecule has 0 heterocycles. The molecule has 5 nitrogen and oxygen atoms in total. The molecule has 6 heteroatoms. The lowest BCUT2D eigenvalue weighted by Gasteiger charge is -2.13. The van der Waals surface area contributed by atoms with E-state index >= 15 is 0 Å². The van der Waals surface area contributed by atoms with E-state index in [1.54, 1.807) is 0 Å². The van der Waals surface area contributed by atoms with Gasteiger partial charge >= 0.3 is 7.82 Å². The number of phosphoric acid groups is 1. The molecule has 0 aromatic heterocycles. The SMILES string of the molecule is CCCCCCOC(C)OP(=O)(O)O. The van der Waals surface area contributed by atoms with Crippen LogP contribution < -0.4 is 0 Å². The molecular formula is C8H19O5P. The van der Waals surface area contributed by atoms with E-state index in [1.165, 1.54) is 6.92 Å². The lowest BCUT2D eigenvalue weighted by molar-refractivity contribution is -0.0802. The summed E-state index contributed by atoms with van der Waals surface area (Å²) >= 11 is 0. The molecule has 0 rings (SSSR count). The highest BCUT2D eigenvalue weighted by Gasteiger charge is 2.18. The van der Waals surface area contributed by atoms with Gasteiger partial charge in [-0.3, -0.25) is 4.52 Å². The molecule has 86 valence electrons. The van der Waals surface area contributed by atoms with Gasteiger partial charge in [-0.25, -0.2) is 4.57 Å². The van der Waals surface area contributed by atoms with Gasteiger partial charge in [0.2, 0.25) is 0 Å². The van der Waals surface area contributed by atoms with Crippen molar-refractivity contribution in [1.29, 1.82) is 0 Å². The molecule has 0 bridgehead atoms. The molecule has 0 spiro atoms. The van der Waals surface area contributed by atoms with Crippen molar-refractivity contribution in [3.05, 3.63) is 0 Å². The first kappa shape index (κ1) is 14.1. The van der Waals surface area contributed by atoms with Crippen molar-refractivity contribution in [2.24, 2.45) is 0 Å². The minimum absolute atomic E-state index is 0.473. The maximum absolute atomic E-state index is 10.4. The highest BCUT2D eigenvalue weighted by molar-refractivity contribution is 7.46. The second-order valence-electron chi connectivity index (χ2n) is 3.10. The predicted octanol–water partition coefficient (Wildman–Crippen LogP) is 2.04. The van der Waals surface area contributed by atoms with Crippen LogP contribution in [-0.4, -0.2) is 22.7 Å². The third kappa shape index (κ3) is 10.2. The monoisotopic (exact) mass is 226 g/mol. The summed E-state index contributed by atoms with van der Waals surface area (Å²) in [5.41, 5.74) is 0. The summed E-state index contributed by atoms with van der Waals surface area (Å²) in [5, 5.41) is 0. The molecule has 14 heavy (non-hydrogen) atoms. The summed E-state index contributed by atoms with van der Waals surface area (Å²) in [6.07, 6.45) is 3.41. The van der Waals surface area contributed by atoms with Crippen molar-refractivity contribution in [3.8, 4) is 0 Å². The number of phosphoric ester groups is 1. The Balaban J connectivity index is 3.36. The van der Waals surface area contributed by atoms with Crippen LogP contribution in [0, 0.1) is 0 Å². The van der Waals surface area contributed by atoms with Crippen LogP contribution >= 0.6 is 7.82 Å². The largest absolute Gasteiger partial charge is 0.471 e. The molecule has 0 fully saturated rings. The van der Waals surface area contributed by atoms with Crippen LogP contribution in [0.15, 0.2) is 0 Å². The summed E-state index contributed by atoms with van der Waals surface area (Å²) in [6.45, 7) is 4.06. The van der Waals surface area contributed by atoms with Gasteiger partial charge in [0.15, 0.2) is 6.29 Å². The Morgan fingerprint density at radius 2 is 1.93 bits per heavy atom. The lowest BCUT2D eigenvalue weighted by Crippen LogP contribution is -2.12. The summed E-state index contributed by atoms with van der Waals surface area (Å²) in [7, 11) is -4.41. The minimum Gasteiger partial charge on any atom is -0.352 e. The van der Waals surface area contributed by atoms with Crippen LogP contribution in [0.1, 0.15) is 39.5 Å². The number of hydrogen-bond acceptors (Lipinski definition) is 3. The summed E-state index contributed by atoms with van der Waals surface area (Å²) in [4.78, 5) is 16.9. The zero-order valence-corrected chi connectivity index (χ0v) is 9.57. The molecule has 0 saturated heterocycles. The second kappa shape index (κ2) is 7.37. The first-order chi connectivity index (χ1) is 6.45. The molecule has 1 atom stereocenters. The quantitative estimate of drug-likeness (QED) is 0.376. The standard InChI is InChI=1S/C8H19O5P/c1-3-4-5-6-7-12-8(2)13-14(9,10)11/h8H,3-7H2,1-2H3,(H2,9,10,11). The van der Waals surface area contributed by atoms with Gasteiger partial charge < -0.3 is 14.5 Å². The topological polar surface area (TPSA) is 76.0 Å². The number of ether oxygens (including phenoxy) is 1. The minimum atomic E-state index is -4.41. The fourth-order valence-electron chi connectivity index (χ4n) is 1.00. The molecular weight excluding hydrogens is 207 g/mol. The smallest absolute Gasteiger partial charge is 0.352 e. The molecule has 0 aliphatic heterocycles. The first-order valence-corrected chi connectivity index (χ1v) is 6.34. The Kier molecular flexibility index (Phi) is 7.41. The van der Waals surface area contributed by atoms with E-state index in [1.807, 2.05) is 0 Å². The fourth-order valence-corrected chi connectivity index (χ4v) is 1.45. The van der Waals surface area contributed by atoms with E-state index < -0.39 is 14.1 Å². The van der Waals surface area contributed by atoms with Crippen LogP contribution in [0.3, 0.4) is 0 Å². The van der Waals surface area contributed by atoms with Crippen LogP contribution in [-0.2, 0) is 13.8 Å². The number of rotatable bonds is 8. The Bertz CT molecular complexity index is 179. The predicted molar refractivity (Wildman–Crippen MR) is 52.7 cm³/mol. The molecule has 0 radical (unpaired) electrons. The van der Waals surface area contributed by atoms with Gasteiger partial charge in [-0.05, 0) is 13.3 Å². The summed E-state index contributed by atoms with van der Waals surface area (Å²) in [6, 6.07) is 0. The van der Waals surface area contributed by atoms with E-state index in [4.69, 9.17) is 14.5 Å². The normalized spacial score (nSPS) is 14.3. The van der Waals surface area contributed by atoms with Crippen LogP contribution in [0.5, 0.6) is 0 Å². The summed E-state index contributed by atoms with van der Waals surface area (Å²) < 4.78 is 19.7. The van der Waals surface area contributed by atoms with Gasteiger partial charge in [0.25, 0.3) is 0 Å². The molecule has 0 aromatic carbocycles. The maximum atomic E-state index is 10.4. The highest BCUT2D eigenvalue weighted by atomic mass is 31.2. The van der Waals surface area contributed by atoms with Crippen molar-refractivity contribution in [2.75, 3.05) is 6.61 Å². The zero-order chi connectivity index (χ0) is 11.0. The Morgan fingerprint density at radius 1 is 1.29 bits per heavy atom. The van der Waals surface area contributed by atoms with Crippen LogP contribution in [0.4, 0.5) is 0 Å². The fraction of sp³-hybridized carbons (Fsp3) is 1.00.